The molecule has 0 aliphatic carbocycles. The summed E-state index contributed by atoms with van der Waals surface area (Å²) < 4.78 is 5.27. The van der Waals surface area contributed by atoms with Crippen LogP contribution in [0, 0.1) is 12.3 Å². The van der Waals surface area contributed by atoms with Gasteiger partial charge in [0.05, 0.1) is 0 Å². The number of rotatable bonds is 2. The van der Waals surface area contributed by atoms with E-state index in [1.807, 2.05) is 0 Å². The van der Waals surface area contributed by atoms with Crippen molar-refractivity contribution in [3.05, 3.63) is 18.0 Å². The number of hydrogen-bond donors (Lipinski definition) is 1. The van der Waals surface area contributed by atoms with Crippen LogP contribution in [0.2, 0.25) is 0 Å². The van der Waals surface area contributed by atoms with E-state index >= 15 is 0 Å². The largest absolute Gasteiger partial charge is 0.381 e. The molecule has 2 rings (SSSR count). The molecular weight excluding hydrogens is 190 g/mol. The minimum atomic E-state index is 0.395. The Kier molecular flexibility index (Phi) is 3.15. The number of anilines is 1. The average molecular weight is 203 g/mol. The van der Waals surface area contributed by atoms with Crippen molar-refractivity contribution in [2.24, 2.45) is 0 Å². The van der Waals surface area contributed by atoms with Gasteiger partial charge in [-0.1, -0.05) is 5.92 Å². The second-order valence-electron chi connectivity index (χ2n) is 3.44. The molecule has 1 saturated heterocycles. The molecule has 0 aromatic carbocycles. The molecule has 1 aromatic rings. The third kappa shape index (κ3) is 2.67. The van der Waals surface area contributed by atoms with E-state index in [9.17, 15) is 0 Å². The summed E-state index contributed by atoms with van der Waals surface area (Å²) in [7, 11) is 0. The van der Waals surface area contributed by atoms with E-state index in [-0.39, 0.29) is 0 Å². The number of aromatic nitrogens is 2. The second-order valence-corrected chi connectivity index (χ2v) is 3.44. The summed E-state index contributed by atoms with van der Waals surface area (Å²) >= 11 is 0. The molecule has 1 N–H and O–H groups in total. The zero-order valence-electron chi connectivity index (χ0n) is 8.44. The fraction of sp³-hybridized carbons (Fsp3) is 0.455. The Morgan fingerprint density at radius 1 is 1.47 bits per heavy atom. The van der Waals surface area contributed by atoms with E-state index in [1.165, 1.54) is 0 Å². The minimum Gasteiger partial charge on any atom is -0.381 e. The zero-order valence-corrected chi connectivity index (χ0v) is 8.44. The van der Waals surface area contributed by atoms with E-state index in [1.54, 1.807) is 12.3 Å². The average Bonchev–Trinajstić information content (AvgIpc) is 2.31. The smallest absolute Gasteiger partial charge is 0.224 e. The third-order valence-corrected chi connectivity index (χ3v) is 2.36. The summed E-state index contributed by atoms with van der Waals surface area (Å²) in [5.41, 5.74) is 0.611. The van der Waals surface area contributed by atoms with Gasteiger partial charge >= 0.3 is 0 Å². The van der Waals surface area contributed by atoms with Crippen LogP contribution in [0.5, 0.6) is 0 Å². The molecule has 0 amide bonds. The van der Waals surface area contributed by atoms with Crippen molar-refractivity contribution >= 4 is 5.95 Å². The molecule has 78 valence electrons. The molecule has 0 radical (unpaired) electrons. The van der Waals surface area contributed by atoms with Crippen LogP contribution in [0.25, 0.3) is 0 Å². The highest BCUT2D eigenvalue weighted by Gasteiger charge is 2.14. The number of ether oxygens (including phenoxy) is 1. The molecule has 1 fully saturated rings. The Morgan fingerprint density at radius 2 is 2.27 bits per heavy atom. The first-order valence-corrected chi connectivity index (χ1v) is 5.02. The van der Waals surface area contributed by atoms with E-state index < -0.39 is 0 Å². The van der Waals surface area contributed by atoms with Gasteiger partial charge < -0.3 is 10.1 Å². The van der Waals surface area contributed by atoms with E-state index in [2.05, 4.69) is 21.2 Å². The van der Waals surface area contributed by atoms with Crippen LogP contribution >= 0.6 is 0 Å². The van der Waals surface area contributed by atoms with Crippen molar-refractivity contribution < 1.29 is 4.74 Å². The molecule has 0 saturated carbocycles. The van der Waals surface area contributed by atoms with Crippen LogP contribution in [-0.2, 0) is 4.74 Å². The van der Waals surface area contributed by atoms with Crippen molar-refractivity contribution in [1.82, 2.24) is 9.97 Å². The van der Waals surface area contributed by atoms with Gasteiger partial charge in [0.1, 0.15) is 5.69 Å². The Bertz CT molecular complexity index is 366. The van der Waals surface area contributed by atoms with Gasteiger partial charge in [0, 0.05) is 25.5 Å². The maximum absolute atomic E-state index is 5.27. The second kappa shape index (κ2) is 4.76. The summed E-state index contributed by atoms with van der Waals surface area (Å²) in [5, 5.41) is 3.26. The summed E-state index contributed by atoms with van der Waals surface area (Å²) in [4.78, 5) is 8.31. The van der Waals surface area contributed by atoms with Crippen LogP contribution < -0.4 is 5.32 Å². The van der Waals surface area contributed by atoms with Crippen LogP contribution in [0.4, 0.5) is 5.95 Å². The van der Waals surface area contributed by atoms with Crippen molar-refractivity contribution in [3.63, 3.8) is 0 Å². The SMILES string of the molecule is C#Cc1ccnc(NC2CCOCC2)n1. The normalized spacial score (nSPS) is 17.0. The highest BCUT2D eigenvalue weighted by molar-refractivity contribution is 5.32. The van der Waals surface area contributed by atoms with Crippen LogP contribution in [0.15, 0.2) is 12.3 Å². The molecule has 1 aromatic heterocycles. The Morgan fingerprint density at radius 3 is 3.00 bits per heavy atom. The molecule has 0 unspecified atom stereocenters. The molecule has 2 heterocycles. The monoisotopic (exact) mass is 203 g/mol. The first kappa shape index (κ1) is 9.94. The molecule has 0 bridgehead atoms. The number of terminal acetylenes is 1. The van der Waals surface area contributed by atoms with Crippen molar-refractivity contribution in [2.45, 2.75) is 18.9 Å². The summed E-state index contributed by atoms with van der Waals surface area (Å²) in [5.74, 6) is 3.10. The lowest BCUT2D eigenvalue weighted by atomic mass is 10.1. The Labute approximate surface area is 89.1 Å². The fourth-order valence-electron chi connectivity index (χ4n) is 1.53. The predicted octanol–water partition coefficient (Wildman–Crippen LogP) is 1.05. The number of nitrogens with zero attached hydrogens (tertiary/aromatic N) is 2. The first-order chi connectivity index (χ1) is 7.38. The van der Waals surface area contributed by atoms with Crippen LogP contribution in [0.1, 0.15) is 18.5 Å². The van der Waals surface area contributed by atoms with Crippen molar-refractivity contribution in [3.8, 4) is 12.3 Å². The van der Waals surface area contributed by atoms with E-state index in [0.717, 1.165) is 26.1 Å². The standard InChI is InChI=1S/C11H13N3O/c1-2-9-3-6-12-11(13-9)14-10-4-7-15-8-5-10/h1,3,6,10H,4-5,7-8H2,(H,12,13,14). The van der Waals surface area contributed by atoms with Gasteiger partial charge in [-0.3, -0.25) is 0 Å². The Hall–Kier alpha value is -1.60. The third-order valence-electron chi connectivity index (χ3n) is 2.36. The highest BCUT2D eigenvalue weighted by atomic mass is 16.5. The molecule has 0 atom stereocenters. The number of hydrogen-bond acceptors (Lipinski definition) is 4. The summed E-state index contributed by atoms with van der Waals surface area (Å²) in [6.07, 6.45) is 8.91. The van der Waals surface area contributed by atoms with Gasteiger partial charge in [-0.25, -0.2) is 9.97 Å². The lowest BCUT2D eigenvalue weighted by Gasteiger charge is -2.22. The molecule has 1 aliphatic rings. The van der Waals surface area contributed by atoms with Crippen LogP contribution in [-0.4, -0.2) is 29.2 Å². The molecule has 15 heavy (non-hydrogen) atoms. The highest BCUT2D eigenvalue weighted by Crippen LogP contribution is 2.11. The maximum atomic E-state index is 5.27. The molecular formula is C11H13N3O. The lowest BCUT2D eigenvalue weighted by Crippen LogP contribution is -2.28. The number of nitrogens with one attached hydrogen (secondary N) is 1. The van der Waals surface area contributed by atoms with Crippen LogP contribution in [0.3, 0.4) is 0 Å². The lowest BCUT2D eigenvalue weighted by molar-refractivity contribution is 0.0903. The zero-order chi connectivity index (χ0) is 10.5. The van der Waals surface area contributed by atoms with Gasteiger partial charge in [-0.05, 0) is 18.9 Å². The van der Waals surface area contributed by atoms with Crippen molar-refractivity contribution in [2.75, 3.05) is 18.5 Å². The first-order valence-electron chi connectivity index (χ1n) is 5.02. The van der Waals surface area contributed by atoms with Gasteiger partial charge in [-0.2, -0.15) is 0 Å². The topological polar surface area (TPSA) is 47.0 Å². The van der Waals surface area contributed by atoms with Gasteiger partial charge in [0.2, 0.25) is 5.95 Å². The Balaban J connectivity index is 2.00. The van der Waals surface area contributed by atoms with E-state index in [0.29, 0.717) is 17.7 Å². The molecule has 0 spiro atoms. The molecule has 4 heteroatoms. The quantitative estimate of drug-likeness (QED) is 0.730. The van der Waals surface area contributed by atoms with Gasteiger partial charge in [0.15, 0.2) is 0 Å². The van der Waals surface area contributed by atoms with E-state index in [4.69, 9.17) is 11.2 Å². The van der Waals surface area contributed by atoms with Gasteiger partial charge in [0.25, 0.3) is 0 Å². The van der Waals surface area contributed by atoms with Crippen molar-refractivity contribution in [1.29, 1.82) is 0 Å². The molecule has 4 nitrogen and oxygen atoms in total. The predicted molar refractivity (Wildman–Crippen MR) is 57.4 cm³/mol. The summed E-state index contributed by atoms with van der Waals surface area (Å²) in [6, 6.07) is 2.11. The molecule has 1 aliphatic heterocycles. The summed E-state index contributed by atoms with van der Waals surface area (Å²) in [6.45, 7) is 1.60. The fourth-order valence-corrected chi connectivity index (χ4v) is 1.53. The van der Waals surface area contributed by atoms with Gasteiger partial charge in [-0.15, -0.1) is 6.42 Å². The maximum Gasteiger partial charge on any atom is 0.224 e. The minimum absolute atomic E-state index is 0.395.